The number of carbonyl (C=O) groups is 2. The van der Waals surface area contributed by atoms with Gasteiger partial charge in [-0.05, 0) is 39.3 Å². The minimum Gasteiger partial charge on any atom is -0.463 e. The van der Waals surface area contributed by atoms with Crippen molar-refractivity contribution < 1.29 is 23.5 Å². The number of furan rings is 1. The maximum Gasteiger partial charge on any atom is 0.410 e. The van der Waals surface area contributed by atoms with Gasteiger partial charge in [0.2, 0.25) is 5.76 Å². The van der Waals surface area contributed by atoms with E-state index < -0.39 is 11.6 Å². The Morgan fingerprint density at radius 3 is 2.70 bits per heavy atom. The Kier molecular flexibility index (Phi) is 5.13. The van der Waals surface area contributed by atoms with Gasteiger partial charge in [0.1, 0.15) is 11.4 Å². The molecule has 0 radical (unpaired) electrons. The molecule has 1 aliphatic heterocycles. The minimum absolute atomic E-state index is 0.0634. The molecule has 23 heavy (non-hydrogen) atoms. The molecule has 126 valence electrons. The van der Waals surface area contributed by atoms with E-state index in [1.807, 2.05) is 32.9 Å². The molecule has 0 saturated heterocycles. The number of amides is 1. The number of rotatable bonds is 3. The van der Waals surface area contributed by atoms with E-state index in [-0.39, 0.29) is 17.9 Å². The molecule has 1 amide bonds. The van der Waals surface area contributed by atoms with Crippen molar-refractivity contribution in [2.24, 2.45) is 0 Å². The highest BCUT2D eigenvalue weighted by Gasteiger charge is 2.29. The van der Waals surface area contributed by atoms with E-state index in [4.69, 9.17) is 9.15 Å². The molecule has 0 bridgehead atoms. The molecule has 0 aliphatic carbocycles. The topological polar surface area (TPSA) is 69.0 Å². The third-order valence-electron chi connectivity index (χ3n) is 3.43. The normalized spacial score (nSPS) is 17.9. The summed E-state index contributed by atoms with van der Waals surface area (Å²) in [5, 5.41) is 0. The first-order valence-electron chi connectivity index (χ1n) is 7.62. The molecule has 0 aromatic carbocycles. The SMILES string of the molecule is COC(=O)c1ccc(CC2CC=CCN2C(=O)OC(C)(C)C)o1. The van der Waals surface area contributed by atoms with E-state index in [1.54, 1.807) is 17.0 Å². The first-order valence-corrected chi connectivity index (χ1v) is 7.62. The van der Waals surface area contributed by atoms with Crippen molar-refractivity contribution in [1.82, 2.24) is 4.90 Å². The summed E-state index contributed by atoms with van der Waals surface area (Å²) in [5.41, 5.74) is -0.536. The van der Waals surface area contributed by atoms with Crippen molar-refractivity contribution in [3.05, 3.63) is 35.8 Å². The van der Waals surface area contributed by atoms with Gasteiger partial charge >= 0.3 is 12.1 Å². The Morgan fingerprint density at radius 2 is 2.04 bits per heavy atom. The average molecular weight is 321 g/mol. The third kappa shape index (κ3) is 4.61. The zero-order chi connectivity index (χ0) is 17.0. The first kappa shape index (κ1) is 17.1. The van der Waals surface area contributed by atoms with Gasteiger partial charge in [-0.2, -0.15) is 0 Å². The molecule has 1 aliphatic rings. The monoisotopic (exact) mass is 321 g/mol. The Morgan fingerprint density at radius 1 is 1.30 bits per heavy atom. The van der Waals surface area contributed by atoms with Crippen molar-refractivity contribution in [2.45, 2.75) is 45.3 Å². The van der Waals surface area contributed by atoms with E-state index in [0.29, 0.717) is 25.1 Å². The van der Waals surface area contributed by atoms with Gasteiger partial charge in [0.05, 0.1) is 7.11 Å². The number of hydrogen-bond acceptors (Lipinski definition) is 5. The number of esters is 1. The average Bonchev–Trinajstić information content (AvgIpc) is 2.93. The van der Waals surface area contributed by atoms with Crippen molar-refractivity contribution >= 4 is 12.1 Å². The number of nitrogens with zero attached hydrogens (tertiary/aromatic N) is 1. The highest BCUT2D eigenvalue weighted by molar-refractivity contribution is 5.86. The van der Waals surface area contributed by atoms with Crippen LogP contribution in [0.1, 0.15) is 43.5 Å². The number of ether oxygens (including phenoxy) is 2. The van der Waals surface area contributed by atoms with Crippen LogP contribution < -0.4 is 0 Å². The highest BCUT2D eigenvalue weighted by atomic mass is 16.6. The fraction of sp³-hybridized carbons (Fsp3) is 0.529. The van der Waals surface area contributed by atoms with Gasteiger partial charge in [0, 0.05) is 19.0 Å². The number of methoxy groups -OCH3 is 1. The lowest BCUT2D eigenvalue weighted by Gasteiger charge is -2.34. The van der Waals surface area contributed by atoms with Crippen LogP contribution in [-0.4, -0.2) is 42.3 Å². The Bertz CT molecular complexity index is 596. The summed E-state index contributed by atoms with van der Waals surface area (Å²) in [7, 11) is 1.31. The molecule has 1 aromatic heterocycles. The van der Waals surface area contributed by atoms with Crippen LogP contribution in [0.25, 0.3) is 0 Å². The van der Waals surface area contributed by atoms with E-state index in [1.165, 1.54) is 7.11 Å². The fourth-order valence-electron chi connectivity index (χ4n) is 2.39. The molecule has 1 atom stereocenters. The van der Waals surface area contributed by atoms with Crippen molar-refractivity contribution in [3.63, 3.8) is 0 Å². The number of hydrogen-bond donors (Lipinski definition) is 0. The smallest absolute Gasteiger partial charge is 0.410 e. The minimum atomic E-state index is -0.536. The summed E-state index contributed by atoms with van der Waals surface area (Å²) in [6.45, 7) is 6.03. The van der Waals surface area contributed by atoms with Gasteiger partial charge in [-0.25, -0.2) is 9.59 Å². The lowest BCUT2D eigenvalue weighted by atomic mass is 10.0. The predicted octanol–water partition coefficient (Wildman–Crippen LogP) is 3.17. The quantitative estimate of drug-likeness (QED) is 0.632. The van der Waals surface area contributed by atoms with E-state index >= 15 is 0 Å². The summed E-state index contributed by atoms with van der Waals surface area (Å²) >= 11 is 0. The van der Waals surface area contributed by atoms with Crippen LogP contribution in [0.15, 0.2) is 28.7 Å². The van der Waals surface area contributed by atoms with Crippen molar-refractivity contribution in [2.75, 3.05) is 13.7 Å². The largest absolute Gasteiger partial charge is 0.463 e. The molecule has 2 heterocycles. The van der Waals surface area contributed by atoms with E-state index in [2.05, 4.69) is 4.74 Å². The zero-order valence-electron chi connectivity index (χ0n) is 14.0. The van der Waals surface area contributed by atoms with Gasteiger partial charge in [-0.3, -0.25) is 0 Å². The molecule has 6 nitrogen and oxygen atoms in total. The van der Waals surface area contributed by atoms with Crippen molar-refractivity contribution in [1.29, 1.82) is 0 Å². The molecule has 0 N–H and O–H groups in total. The lowest BCUT2D eigenvalue weighted by molar-refractivity contribution is 0.0174. The summed E-state index contributed by atoms with van der Waals surface area (Å²) in [4.78, 5) is 25.5. The van der Waals surface area contributed by atoms with Gasteiger partial charge in [-0.15, -0.1) is 0 Å². The van der Waals surface area contributed by atoms with Gasteiger partial charge in [-0.1, -0.05) is 12.2 Å². The van der Waals surface area contributed by atoms with E-state index in [0.717, 1.165) is 0 Å². The van der Waals surface area contributed by atoms with Crippen molar-refractivity contribution in [3.8, 4) is 0 Å². The Labute approximate surface area is 136 Å². The number of carbonyl (C=O) groups excluding carboxylic acids is 2. The second kappa shape index (κ2) is 6.89. The molecule has 1 unspecified atom stereocenters. The summed E-state index contributed by atoms with van der Waals surface area (Å²) in [6.07, 6.45) is 4.87. The molecule has 1 aromatic rings. The summed E-state index contributed by atoms with van der Waals surface area (Å²) in [6, 6.07) is 3.25. The Hall–Kier alpha value is -2.24. The highest BCUT2D eigenvalue weighted by Crippen LogP contribution is 2.21. The maximum absolute atomic E-state index is 12.3. The van der Waals surface area contributed by atoms with Gasteiger partial charge in [0.25, 0.3) is 0 Å². The second-order valence-corrected chi connectivity index (χ2v) is 6.46. The fourth-order valence-corrected chi connectivity index (χ4v) is 2.39. The third-order valence-corrected chi connectivity index (χ3v) is 3.43. The molecular weight excluding hydrogens is 298 g/mol. The van der Waals surface area contributed by atoms with E-state index in [9.17, 15) is 9.59 Å². The van der Waals surface area contributed by atoms with Crippen LogP contribution in [0.2, 0.25) is 0 Å². The summed E-state index contributed by atoms with van der Waals surface area (Å²) < 4.78 is 15.6. The standard InChI is InChI=1S/C17H23NO5/c1-17(2,3)23-16(20)18-10-6-5-7-12(18)11-13-8-9-14(22-13)15(19)21-4/h5-6,8-9,12H,7,10-11H2,1-4H3. The van der Waals surface area contributed by atoms with Crippen LogP contribution in [0.3, 0.4) is 0 Å². The van der Waals surface area contributed by atoms with Crippen LogP contribution in [-0.2, 0) is 15.9 Å². The molecule has 0 spiro atoms. The van der Waals surface area contributed by atoms with Crippen LogP contribution in [0.5, 0.6) is 0 Å². The maximum atomic E-state index is 12.3. The zero-order valence-corrected chi connectivity index (χ0v) is 14.0. The Balaban J connectivity index is 2.07. The van der Waals surface area contributed by atoms with Crippen LogP contribution in [0.4, 0.5) is 4.79 Å². The molecular formula is C17H23NO5. The lowest BCUT2D eigenvalue weighted by Crippen LogP contribution is -2.45. The van der Waals surface area contributed by atoms with Crippen LogP contribution >= 0.6 is 0 Å². The van der Waals surface area contributed by atoms with Gasteiger partial charge in [0.15, 0.2) is 0 Å². The second-order valence-electron chi connectivity index (χ2n) is 6.46. The predicted molar refractivity (Wildman–Crippen MR) is 84.2 cm³/mol. The first-order chi connectivity index (χ1) is 10.8. The molecule has 6 heteroatoms. The van der Waals surface area contributed by atoms with Gasteiger partial charge < -0.3 is 18.8 Å². The van der Waals surface area contributed by atoms with Crippen LogP contribution in [0, 0.1) is 0 Å². The summed E-state index contributed by atoms with van der Waals surface area (Å²) in [5.74, 6) is 0.292. The molecule has 2 rings (SSSR count). The molecule has 0 saturated carbocycles. The molecule has 0 fully saturated rings.